The molecule has 1 saturated heterocycles. The molecule has 0 amide bonds. The van der Waals surface area contributed by atoms with Gasteiger partial charge >= 0.3 is 5.97 Å². The minimum atomic E-state index is -1.22. The third kappa shape index (κ3) is 2.47. The van der Waals surface area contributed by atoms with E-state index >= 15 is 0 Å². The Morgan fingerprint density at radius 3 is 2.67 bits per heavy atom. The highest BCUT2D eigenvalue weighted by atomic mass is 32.1. The van der Waals surface area contributed by atoms with E-state index in [0.717, 1.165) is 42.0 Å². The van der Waals surface area contributed by atoms with Gasteiger partial charge in [0.1, 0.15) is 16.2 Å². The van der Waals surface area contributed by atoms with Gasteiger partial charge in [-0.15, -0.1) is 11.3 Å². The van der Waals surface area contributed by atoms with Gasteiger partial charge in [-0.1, -0.05) is 12.1 Å². The zero-order valence-electron chi connectivity index (χ0n) is 16.4. The van der Waals surface area contributed by atoms with Crippen LogP contribution in [0.25, 0.3) is 26.1 Å². The van der Waals surface area contributed by atoms with Crippen LogP contribution < -0.4 is 5.43 Å². The highest BCUT2D eigenvalue weighted by molar-refractivity contribution is 7.24. The summed E-state index contributed by atoms with van der Waals surface area (Å²) in [4.78, 5) is 37.2. The number of hydrogen-bond donors (Lipinski definition) is 1. The second-order valence-corrected chi connectivity index (χ2v) is 9.63. The molecule has 1 saturated carbocycles. The lowest BCUT2D eigenvalue weighted by Crippen LogP contribution is -2.19. The number of aromatic carboxylic acids is 1. The van der Waals surface area contributed by atoms with Crippen LogP contribution in [-0.2, 0) is 0 Å². The van der Waals surface area contributed by atoms with Gasteiger partial charge in [0.2, 0.25) is 5.43 Å². The SMILES string of the molecule is CN1CC2CC(c3ncc4c(=O)c(C(=O)O)c5sc6ccccc6n5c4n3)CC2C1. The highest BCUT2D eigenvalue weighted by Crippen LogP contribution is 2.45. The summed E-state index contributed by atoms with van der Waals surface area (Å²) < 4.78 is 2.75. The molecular weight excluding hydrogens is 400 g/mol. The molecule has 7 nitrogen and oxygen atoms in total. The number of carboxylic acid groups (broad SMARTS) is 1. The van der Waals surface area contributed by atoms with E-state index in [-0.39, 0.29) is 16.9 Å². The van der Waals surface area contributed by atoms with Crippen molar-refractivity contribution in [2.75, 3.05) is 20.1 Å². The van der Waals surface area contributed by atoms with Crippen molar-refractivity contribution in [3.63, 3.8) is 0 Å². The van der Waals surface area contributed by atoms with Gasteiger partial charge in [-0.05, 0) is 43.9 Å². The number of carboxylic acids is 1. The van der Waals surface area contributed by atoms with Crippen molar-refractivity contribution in [3.05, 3.63) is 52.1 Å². The molecule has 1 aromatic carbocycles. The van der Waals surface area contributed by atoms with Crippen molar-refractivity contribution < 1.29 is 9.90 Å². The van der Waals surface area contributed by atoms with Gasteiger partial charge in [0.05, 0.1) is 15.6 Å². The van der Waals surface area contributed by atoms with E-state index in [1.807, 2.05) is 28.7 Å². The summed E-state index contributed by atoms with van der Waals surface area (Å²) >= 11 is 1.31. The molecule has 3 aromatic heterocycles. The first-order valence-corrected chi connectivity index (χ1v) is 11.0. The van der Waals surface area contributed by atoms with Crippen molar-refractivity contribution in [2.24, 2.45) is 11.8 Å². The van der Waals surface area contributed by atoms with Crippen molar-refractivity contribution >= 4 is 43.4 Å². The third-order valence-electron chi connectivity index (χ3n) is 6.71. The Hall–Kier alpha value is -2.84. The molecule has 4 heterocycles. The summed E-state index contributed by atoms with van der Waals surface area (Å²) in [6, 6.07) is 7.70. The number of hydrogen-bond acceptors (Lipinski definition) is 6. The number of thiazole rings is 1. The Morgan fingerprint density at radius 2 is 1.93 bits per heavy atom. The van der Waals surface area contributed by atoms with E-state index in [4.69, 9.17) is 4.98 Å². The number of fused-ring (bicyclic) bond motifs is 6. The number of nitrogens with zero attached hydrogens (tertiary/aromatic N) is 4. The average Bonchev–Trinajstić information content (AvgIpc) is 3.38. The highest BCUT2D eigenvalue weighted by Gasteiger charge is 2.41. The Labute approximate surface area is 175 Å². The molecule has 30 heavy (non-hydrogen) atoms. The van der Waals surface area contributed by atoms with E-state index in [0.29, 0.717) is 22.3 Å². The molecule has 1 aliphatic carbocycles. The summed E-state index contributed by atoms with van der Waals surface area (Å²) in [6.07, 6.45) is 3.66. The number of benzene rings is 1. The molecule has 2 unspecified atom stereocenters. The zero-order chi connectivity index (χ0) is 20.6. The van der Waals surface area contributed by atoms with Crippen molar-refractivity contribution in [2.45, 2.75) is 18.8 Å². The largest absolute Gasteiger partial charge is 0.477 e. The Balaban J connectivity index is 1.60. The summed E-state index contributed by atoms with van der Waals surface area (Å²) in [7, 11) is 2.17. The second kappa shape index (κ2) is 6.33. The number of rotatable bonds is 2. The van der Waals surface area contributed by atoms with E-state index in [9.17, 15) is 14.7 Å². The molecule has 2 aliphatic rings. The van der Waals surface area contributed by atoms with Crippen LogP contribution in [0, 0.1) is 11.8 Å². The summed E-state index contributed by atoms with van der Waals surface area (Å²) in [6.45, 7) is 2.24. The third-order valence-corrected chi connectivity index (χ3v) is 7.86. The lowest BCUT2D eigenvalue weighted by molar-refractivity contribution is 0.0697. The van der Waals surface area contributed by atoms with Gasteiger partial charge in [-0.3, -0.25) is 9.20 Å². The van der Waals surface area contributed by atoms with E-state index in [1.165, 1.54) is 17.5 Å². The number of likely N-dealkylation sites (tertiary alicyclic amines) is 1. The van der Waals surface area contributed by atoms with Gasteiger partial charge in [0.15, 0.2) is 5.65 Å². The van der Waals surface area contributed by atoms with Gasteiger partial charge in [0.25, 0.3) is 0 Å². The predicted molar refractivity (Wildman–Crippen MR) is 116 cm³/mol. The molecule has 2 atom stereocenters. The topological polar surface area (TPSA) is 87.8 Å². The van der Waals surface area contributed by atoms with Crippen LogP contribution in [0.2, 0.25) is 0 Å². The lowest BCUT2D eigenvalue weighted by atomic mass is 10.0. The fraction of sp³-hybridized carbons (Fsp3) is 0.364. The average molecular weight is 420 g/mol. The Bertz CT molecular complexity index is 1390. The monoisotopic (exact) mass is 420 g/mol. The van der Waals surface area contributed by atoms with Crippen LogP contribution in [0.1, 0.15) is 34.9 Å². The van der Waals surface area contributed by atoms with Crippen LogP contribution in [0.4, 0.5) is 0 Å². The van der Waals surface area contributed by atoms with Crippen molar-refractivity contribution in [3.8, 4) is 0 Å². The maximum Gasteiger partial charge on any atom is 0.342 e. The number of aromatic nitrogens is 3. The number of carbonyl (C=O) groups is 1. The molecule has 152 valence electrons. The van der Waals surface area contributed by atoms with E-state index < -0.39 is 11.4 Å². The number of para-hydroxylation sites is 1. The molecular formula is C22H20N4O3S. The first-order valence-electron chi connectivity index (χ1n) is 10.2. The maximum absolute atomic E-state index is 13.0. The molecule has 0 radical (unpaired) electrons. The lowest BCUT2D eigenvalue weighted by Gasteiger charge is -2.14. The first kappa shape index (κ1) is 18.0. The van der Waals surface area contributed by atoms with E-state index in [1.54, 1.807) is 0 Å². The minimum absolute atomic E-state index is 0.210. The van der Waals surface area contributed by atoms with Crippen LogP contribution >= 0.6 is 11.3 Å². The number of pyridine rings is 1. The standard InChI is InChI=1S/C22H20N4O3S/c1-25-9-12-6-11(7-13(12)10-25)19-23-8-14-18(27)17(22(28)29)21-26(20(14)24-19)15-4-2-3-5-16(15)30-21/h2-5,8,11-13H,6-7,9-10H2,1H3,(H,28,29). The second-order valence-electron chi connectivity index (χ2n) is 8.59. The van der Waals surface area contributed by atoms with Crippen LogP contribution in [-0.4, -0.2) is 50.5 Å². The van der Waals surface area contributed by atoms with Crippen LogP contribution in [0.15, 0.2) is 35.3 Å². The van der Waals surface area contributed by atoms with Crippen molar-refractivity contribution in [1.82, 2.24) is 19.3 Å². The van der Waals surface area contributed by atoms with Gasteiger partial charge in [-0.2, -0.15) is 0 Å². The quantitative estimate of drug-likeness (QED) is 0.536. The van der Waals surface area contributed by atoms with Gasteiger partial charge in [-0.25, -0.2) is 14.8 Å². The van der Waals surface area contributed by atoms with E-state index in [2.05, 4.69) is 16.9 Å². The molecule has 1 N–H and O–H groups in total. The Morgan fingerprint density at radius 1 is 1.20 bits per heavy atom. The van der Waals surface area contributed by atoms with Crippen LogP contribution in [0.5, 0.6) is 0 Å². The summed E-state index contributed by atoms with van der Waals surface area (Å²) in [5.41, 5.74) is 0.648. The summed E-state index contributed by atoms with van der Waals surface area (Å²) in [5, 5.41) is 10.00. The normalized spacial score (nSPS) is 24.2. The predicted octanol–water partition coefficient (Wildman–Crippen LogP) is 3.21. The molecule has 6 rings (SSSR count). The first-order chi connectivity index (χ1) is 14.5. The minimum Gasteiger partial charge on any atom is -0.477 e. The smallest absolute Gasteiger partial charge is 0.342 e. The van der Waals surface area contributed by atoms with Gasteiger partial charge < -0.3 is 10.0 Å². The fourth-order valence-electron chi connectivity index (χ4n) is 5.44. The molecule has 1 aliphatic heterocycles. The zero-order valence-corrected chi connectivity index (χ0v) is 17.2. The molecule has 0 bridgehead atoms. The summed E-state index contributed by atoms with van der Waals surface area (Å²) in [5.74, 6) is 1.19. The molecule has 4 aromatic rings. The maximum atomic E-state index is 13.0. The molecule has 8 heteroatoms. The van der Waals surface area contributed by atoms with Crippen LogP contribution in [0.3, 0.4) is 0 Å². The molecule has 0 spiro atoms. The van der Waals surface area contributed by atoms with Crippen molar-refractivity contribution in [1.29, 1.82) is 0 Å². The Kier molecular flexibility index (Phi) is 3.79. The molecule has 2 fully saturated rings. The fourth-order valence-corrected chi connectivity index (χ4v) is 6.62. The van der Waals surface area contributed by atoms with Gasteiger partial charge in [0, 0.05) is 25.2 Å².